The lowest BCUT2D eigenvalue weighted by Gasteiger charge is -2.34. The number of nitrogens with zero attached hydrogens (tertiary/aromatic N) is 2. The van der Waals surface area contributed by atoms with Gasteiger partial charge in [0.1, 0.15) is 12.4 Å². The number of ether oxygens (including phenoxy) is 2. The predicted molar refractivity (Wildman–Crippen MR) is 120 cm³/mol. The predicted octanol–water partition coefficient (Wildman–Crippen LogP) is 3.24. The number of carbonyl (C=O) groups excluding carboxylic acids is 2. The van der Waals surface area contributed by atoms with Gasteiger partial charge < -0.3 is 14.4 Å². The highest BCUT2D eigenvalue weighted by Crippen LogP contribution is 2.35. The fourth-order valence-electron chi connectivity index (χ4n) is 4.56. The SMILES string of the molecule is O=C(NO)c1ccc2c(c1)OCC(c1ccc3cccnc3c1)N(C(=O)C1CCOCC1)C2. The van der Waals surface area contributed by atoms with E-state index in [0.717, 1.165) is 22.0 Å². The number of hydrogen-bond acceptors (Lipinski definition) is 6. The molecule has 0 bridgehead atoms. The highest BCUT2D eigenvalue weighted by atomic mass is 16.5. The average molecular weight is 447 g/mol. The van der Waals surface area contributed by atoms with Crippen molar-refractivity contribution in [3.8, 4) is 5.75 Å². The first-order valence-electron chi connectivity index (χ1n) is 11.1. The third kappa shape index (κ3) is 4.27. The van der Waals surface area contributed by atoms with Crippen LogP contribution in [-0.2, 0) is 16.1 Å². The van der Waals surface area contributed by atoms with Crippen LogP contribution in [0.5, 0.6) is 5.75 Å². The van der Waals surface area contributed by atoms with E-state index in [-0.39, 0.29) is 30.0 Å². The molecule has 5 rings (SSSR count). The minimum Gasteiger partial charge on any atom is -0.491 e. The number of pyridine rings is 1. The van der Waals surface area contributed by atoms with Crippen molar-refractivity contribution in [3.63, 3.8) is 0 Å². The summed E-state index contributed by atoms with van der Waals surface area (Å²) in [5.74, 6) is -0.0981. The van der Waals surface area contributed by atoms with E-state index in [1.54, 1.807) is 29.9 Å². The van der Waals surface area contributed by atoms with E-state index in [2.05, 4.69) is 4.98 Å². The highest BCUT2D eigenvalue weighted by Gasteiger charge is 2.35. The van der Waals surface area contributed by atoms with Crippen LogP contribution in [0.4, 0.5) is 0 Å². The molecule has 2 aliphatic rings. The zero-order valence-electron chi connectivity index (χ0n) is 18.1. The van der Waals surface area contributed by atoms with Gasteiger partial charge in [-0.2, -0.15) is 0 Å². The number of fused-ring (bicyclic) bond motifs is 2. The summed E-state index contributed by atoms with van der Waals surface area (Å²) in [6.45, 7) is 1.77. The van der Waals surface area contributed by atoms with Gasteiger partial charge in [-0.25, -0.2) is 5.48 Å². The summed E-state index contributed by atoms with van der Waals surface area (Å²) in [7, 11) is 0. The summed E-state index contributed by atoms with van der Waals surface area (Å²) >= 11 is 0. The molecule has 8 nitrogen and oxygen atoms in total. The molecule has 3 aromatic rings. The Morgan fingerprint density at radius 1 is 1.09 bits per heavy atom. The zero-order chi connectivity index (χ0) is 22.8. The Balaban J connectivity index is 1.53. The molecule has 1 aromatic heterocycles. The zero-order valence-corrected chi connectivity index (χ0v) is 18.1. The van der Waals surface area contributed by atoms with Crippen LogP contribution in [0.15, 0.2) is 54.7 Å². The van der Waals surface area contributed by atoms with Crippen molar-refractivity contribution in [2.24, 2.45) is 5.92 Å². The maximum Gasteiger partial charge on any atom is 0.274 e. The van der Waals surface area contributed by atoms with Crippen molar-refractivity contribution in [2.75, 3.05) is 19.8 Å². The quantitative estimate of drug-likeness (QED) is 0.472. The lowest BCUT2D eigenvalue weighted by atomic mass is 9.95. The van der Waals surface area contributed by atoms with Crippen LogP contribution in [0.25, 0.3) is 10.9 Å². The molecule has 0 aliphatic carbocycles. The molecule has 170 valence electrons. The molecule has 8 heteroatoms. The van der Waals surface area contributed by atoms with E-state index in [1.807, 2.05) is 35.2 Å². The van der Waals surface area contributed by atoms with Gasteiger partial charge in [-0.1, -0.05) is 24.3 Å². The van der Waals surface area contributed by atoms with Gasteiger partial charge in [-0.05, 0) is 42.7 Å². The van der Waals surface area contributed by atoms with Gasteiger partial charge in [0.25, 0.3) is 5.91 Å². The standard InChI is InChI=1S/C25H25N3O5/c29-24(27-31)19-5-6-20-14-28(25(30)17-7-10-32-11-8-17)22(15-33-23(20)13-19)18-4-3-16-2-1-9-26-21(16)12-18/h1-6,9,12-13,17,22,31H,7-8,10-11,14-15H2,(H,27,29). The second kappa shape index (κ2) is 9.17. The normalized spacial score (nSPS) is 18.8. The third-order valence-electron chi connectivity index (χ3n) is 6.41. The van der Waals surface area contributed by atoms with Gasteiger partial charge in [0.2, 0.25) is 5.91 Å². The van der Waals surface area contributed by atoms with Gasteiger partial charge in [-0.15, -0.1) is 0 Å². The molecule has 1 saturated heterocycles. The van der Waals surface area contributed by atoms with E-state index in [9.17, 15) is 9.59 Å². The second-order valence-electron chi connectivity index (χ2n) is 8.40. The molecule has 0 radical (unpaired) electrons. The topological polar surface area (TPSA) is 101 Å². The summed E-state index contributed by atoms with van der Waals surface area (Å²) < 4.78 is 11.6. The van der Waals surface area contributed by atoms with Crippen LogP contribution in [0.3, 0.4) is 0 Å². The van der Waals surface area contributed by atoms with Crippen LogP contribution < -0.4 is 10.2 Å². The monoisotopic (exact) mass is 447 g/mol. The summed E-state index contributed by atoms with van der Waals surface area (Å²) in [5.41, 5.74) is 4.55. The van der Waals surface area contributed by atoms with E-state index in [0.29, 0.717) is 38.3 Å². The van der Waals surface area contributed by atoms with E-state index < -0.39 is 5.91 Å². The van der Waals surface area contributed by atoms with Gasteiger partial charge in [0, 0.05) is 41.8 Å². The maximum absolute atomic E-state index is 13.7. The van der Waals surface area contributed by atoms with Crippen LogP contribution in [-0.4, -0.2) is 46.7 Å². The molecule has 2 N–H and O–H groups in total. The molecule has 1 unspecified atom stereocenters. The average Bonchev–Trinajstić information content (AvgIpc) is 3.07. The number of benzene rings is 2. The van der Waals surface area contributed by atoms with Gasteiger partial charge in [0.15, 0.2) is 0 Å². The van der Waals surface area contributed by atoms with Crippen molar-refractivity contribution >= 4 is 22.7 Å². The van der Waals surface area contributed by atoms with Crippen LogP contribution in [0, 0.1) is 5.92 Å². The molecule has 2 aromatic carbocycles. The first kappa shape index (κ1) is 21.4. The summed E-state index contributed by atoms with van der Waals surface area (Å²) in [6, 6.07) is 14.6. The molecular formula is C25H25N3O5. The fourth-order valence-corrected chi connectivity index (χ4v) is 4.56. The third-order valence-corrected chi connectivity index (χ3v) is 6.41. The summed E-state index contributed by atoms with van der Waals surface area (Å²) in [6.07, 6.45) is 3.15. The number of hydrogen-bond donors (Lipinski definition) is 2. The van der Waals surface area contributed by atoms with Gasteiger partial charge in [0.05, 0.1) is 18.1 Å². The van der Waals surface area contributed by atoms with Gasteiger partial charge in [-0.3, -0.25) is 19.8 Å². The highest BCUT2D eigenvalue weighted by molar-refractivity contribution is 5.94. The summed E-state index contributed by atoms with van der Waals surface area (Å²) in [4.78, 5) is 31.9. The number of aromatic nitrogens is 1. The summed E-state index contributed by atoms with van der Waals surface area (Å²) in [5, 5.41) is 10.0. The Bertz CT molecular complexity index is 1190. The fraction of sp³-hybridized carbons (Fsp3) is 0.320. The first-order valence-corrected chi connectivity index (χ1v) is 11.1. The lowest BCUT2D eigenvalue weighted by Crippen LogP contribution is -2.41. The minimum absolute atomic E-state index is 0.0815. The van der Waals surface area contributed by atoms with Crippen LogP contribution in [0.2, 0.25) is 0 Å². The number of amides is 2. The lowest BCUT2D eigenvalue weighted by molar-refractivity contribution is -0.142. The molecule has 3 heterocycles. The van der Waals surface area contributed by atoms with Crippen molar-refractivity contribution < 1.29 is 24.3 Å². The first-order chi connectivity index (χ1) is 16.1. The molecule has 2 amide bonds. The number of nitrogens with one attached hydrogen (secondary N) is 1. The molecule has 0 spiro atoms. The Morgan fingerprint density at radius 2 is 1.94 bits per heavy atom. The Labute approximate surface area is 191 Å². The van der Waals surface area contributed by atoms with Crippen molar-refractivity contribution in [3.05, 3.63) is 71.4 Å². The number of hydroxylamine groups is 1. The van der Waals surface area contributed by atoms with Crippen LogP contribution >= 0.6 is 0 Å². The number of carbonyl (C=O) groups is 2. The second-order valence-corrected chi connectivity index (χ2v) is 8.40. The molecule has 1 atom stereocenters. The molecule has 0 saturated carbocycles. The van der Waals surface area contributed by atoms with Crippen molar-refractivity contribution in [1.29, 1.82) is 0 Å². The molecule has 33 heavy (non-hydrogen) atoms. The molecule has 1 fully saturated rings. The van der Waals surface area contributed by atoms with E-state index in [1.165, 1.54) is 0 Å². The van der Waals surface area contributed by atoms with E-state index >= 15 is 0 Å². The Kier molecular flexibility index (Phi) is 5.93. The molecule has 2 aliphatic heterocycles. The van der Waals surface area contributed by atoms with Crippen molar-refractivity contribution in [1.82, 2.24) is 15.4 Å². The largest absolute Gasteiger partial charge is 0.491 e. The van der Waals surface area contributed by atoms with E-state index in [4.69, 9.17) is 14.7 Å². The Morgan fingerprint density at radius 3 is 2.76 bits per heavy atom. The van der Waals surface area contributed by atoms with Gasteiger partial charge >= 0.3 is 0 Å². The number of rotatable bonds is 3. The van der Waals surface area contributed by atoms with Crippen LogP contribution in [0.1, 0.15) is 40.4 Å². The minimum atomic E-state index is -0.613. The smallest absolute Gasteiger partial charge is 0.274 e. The van der Waals surface area contributed by atoms with Crippen molar-refractivity contribution in [2.45, 2.75) is 25.4 Å². The molecular weight excluding hydrogens is 422 g/mol. The maximum atomic E-state index is 13.7. The Hall–Kier alpha value is -3.49.